The normalized spacial score (nSPS) is 11.1. The van der Waals surface area contributed by atoms with Crippen molar-refractivity contribution in [1.82, 2.24) is 0 Å². The maximum atomic E-state index is 2.35. The molecule has 0 aliphatic carbocycles. The smallest absolute Gasteiger partial charge is 0.102 e. The van der Waals surface area contributed by atoms with Gasteiger partial charge in [-0.2, -0.15) is 0 Å². The molecule has 3 heteroatoms. The molecular weight excluding hydrogens is 492 g/mol. The van der Waals surface area contributed by atoms with E-state index >= 15 is 0 Å². The summed E-state index contributed by atoms with van der Waals surface area (Å²) in [5, 5.41) is 7.27. The molecule has 0 fully saturated rings. The van der Waals surface area contributed by atoms with Gasteiger partial charge in [-0.25, -0.2) is 0 Å². The third-order valence-electron chi connectivity index (χ3n) is 7.03. The average molecular weight is 519 g/mol. The molecule has 0 radical (unpaired) electrons. The summed E-state index contributed by atoms with van der Waals surface area (Å²) < 4.78 is 0. The first-order chi connectivity index (χ1) is 19.3. The second-order valence-corrected chi connectivity index (χ2v) is 10.6. The van der Waals surface area contributed by atoms with Crippen molar-refractivity contribution in [2.75, 3.05) is 9.80 Å². The predicted molar refractivity (Wildman–Crippen MR) is 169 cm³/mol. The number of rotatable bonds is 6. The Balaban J connectivity index is 1.36. The van der Waals surface area contributed by atoms with Crippen molar-refractivity contribution >= 4 is 65.6 Å². The fraction of sp³-hybridized carbons (Fsp3) is 0. The number of hydrogen-bond donors (Lipinski definition) is 0. The van der Waals surface area contributed by atoms with Gasteiger partial charge in [0.15, 0.2) is 0 Å². The molecule has 0 atom stereocenters. The summed E-state index contributed by atoms with van der Waals surface area (Å²) in [6, 6.07) is 56.2. The number of thiophene rings is 1. The Bertz CT molecular complexity index is 1740. The lowest BCUT2D eigenvalue weighted by Gasteiger charge is -2.25. The van der Waals surface area contributed by atoms with Gasteiger partial charge in [0.05, 0.1) is 0 Å². The van der Waals surface area contributed by atoms with E-state index in [1.54, 1.807) is 11.3 Å². The Hall–Kier alpha value is -4.86. The largest absolute Gasteiger partial charge is 0.302 e. The maximum Gasteiger partial charge on any atom is 0.102 e. The van der Waals surface area contributed by atoms with Gasteiger partial charge in [-0.3, -0.25) is 0 Å². The Labute approximate surface area is 232 Å². The fourth-order valence-corrected chi connectivity index (χ4v) is 6.24. The number of hydrogen-bond acceptors (Lipinski definition) is 3. The molecule has 0 spiro atoms. The lowest BCUT2D eigenvalue weighted by Crippen LogP contribution is -2.09. The van der Waals surface area contributed by atoms with E-state index in [1.807, 2.05) is 0 Å². The topological polar surface area (TPSA) is 6.48 Å². The van der Waals surface area contributed by atoms with E-state index in [1.165, 1.54) is 21.5 Å². The average Bonchev–Trinajstić information content (AvgIpc) is 3.47. The first-order valence-electron chi connectivity index (χ1n) is 13.1. The van der Waals surface area contributed by atoms with Gasteiger partial charge in [0, 0.05) is 22.7 Å². The van der Waals surface area contributed by atoms with Crippen LogP contribution < -0.4 is 9.80 Å². The minimum absolute atomic E-state index is 1.14. The van der Waals surface area contributed by atoms with E-state index in [4.69, 9.17) is 0 Å². The molecule has 2 nitrogen and oxygen atoms in total. The van der Waals surface area contributed by atoms with Gasteiger partial charge in [0.2, 0.25) is 0 Å². The quantitative estimate of drug-likeness (QED) is 0.216. The summed E-state index contributed by atoms with van der Waals surface area (Å²) in [5.41, 5.74) is 4.56. The first-order valence-corrected chi connectivity index (χ1v) is 13.9. The summed E-state index contributed by atoms with van der Waals surface area (Å²) in [5.74, 6) is 0. The molecule has 1 aromatic heterocycles. The van der Waals surface area contributed by atoms with Crippen LogP contribution in [0.25, 0.3) is 21.5 Å². The summed E-state index contributed by atoms with van der Waals surface area (Å²) in [4.78, 5) is 4.70. The van der Waals surface area contributed by atoms with Gasteiger partial charge in [-0.05, 0) is 82.2 Å². The van der Waals surface area contributed by atoms with Gasteiger partial charge in [-0.1, -0.05) is 108 Å². The molecule has 0 saturated heterocycles. The Morgan fingerprint density at radius 1 is 0.308 bits per heavy atom. The molecule has 6 aromatic carbocycles. The minimum atomic E-state index is 1.14. The van der Waals surface area contributed by atoms with Gasteiger partial charge < -0.3 is 9.80 Å². The van der Waals surface area contributed by atoms with Gasteiger partial charge in [0.1, 0.15) is 10.0 Å². The van der Waals surface area contributed by atoms with Crippen LogP contribution in [-0.2, 0) is 0 Å². The Morgan fingerprint density at radius 2 is 0.692 bits per heavy atom. The second-order valence-electron chi connectivity index (χ2n) is 9.52. The monoisotopic (exact) mass is 518 g/mol. The van der Waals surface area contributed by atoms with Crippen LogP contribution in [0.15, 0.2) is 158 Å². The third kappa shape index (κ3) is 4.54. The van der Waals surface area contributed by atoms with Crippen LogP contribution in [0.5, 0.6) is 0 Å². The molecule has 0 amide bonds. The number of fused-ring (bicyclic) bond motifs is 2. The van der Waals surface area contributed by atoms with E-state index in [-0.39, 0.29) is 0 Å². The molecule has 0 aliphatic heterocycles. The van der Waals surface area contributed by atoms with Crippen LogP contribution in [0.1, 0.15) is 0 Å². The van der Waals surface area contributed by atoms with Crippen LogP contribution in [0.3, 0.4) is 0 Å². The van der Waals surface area contributed by atoms with Crippen molar-refractivity contribution in [3.8, 4) is 0 Å². The number of para-hydroxylation sites is 2. The van der Waals surface area contributed by atoms with Gasteiger partial charge in [-0.15, -0.1) is 0 Å². The molecule has 0 aliphatic rings. The van der Waals surface area contributed by atoms with Gasteiger partial charge >= 0.3 is 0 Å². The zero-order chi connectivity index (χ0) is 26.0. The molecule has 0 saturated carbocycles. The van der Waals surface area contributed by atoms with Crippen LogP contribution in [0.4, 0.5) is 32.8 Å². The van der Waals surface area contributed by atoms with Crippen molar-refractivity contribution in [3.63, 3.8) is 0 Å². The number of benzene rings is 6. The number of anilines is 6. The van der Waals surface area contributed by atoms with Crippen LogP contribution in [0.2, 0.25) is 0 Å². The zero-order valence-corrected chi connectivity index (χ0v) is 22.1. The SMILES string of the molecule is c1ccc(N(c2ccc3ccccc3c2)c2ccc(N(c3ccccc3)c3ccc4ccccc4c3)s2)cc1. The lowest BCUT2D eigenvalue weighted by atomic mass is 10.1. The van der Waals surface area contributed by atoms with Crippen molar-refractivity contribution in [3.05, 3.63) is 158 Å². The second kappa shape index (κ2) is 10.1. The van der Waals surface area contributed by atoms with E-state index < -0.39 is 0 Å². The highest BCUT2D eigenvalue weighted by Gasteiger charge is 2.19. The first kappa shape index (κ1) is 23.3. The maximum absolute atomic E-state index is 2.35. The van der Waals surface area contributed by atoms with E-state index in [0.29, 0.717) is 0 Å². The number of nitrogens with zero attached hydrogens (tertiary/aromatic N) is 2. The summed E-state index contributed by atoms with van der Waals surface area (Å²) in [6.45, 7) is 0. The molecule has 39 heavy (non-hydrogen) atoms. The molecule has 7 rings (SSSR count). The molecule has 7 aromatic rings. The summed E-state index contributed by atoms with van der Waals surface area (Å²) >= 11 is 1.79. The fourth-order valence-electron chi connectivity index (χ4n) is 5.15. The molecule has 0 unspecified atom stereocenters. The van der Waals surface area contributed by atoms with Crippen molar-refractivity contribution in [1.29, 1.82) is 0 Å². The molecular formula is C36H26N2S. The van der Waals surface area contributed by atoms with E-state index in [9.17, 15) is 0 Å². The highest BCUT2D eigenvalue weighted by molar-refractivity contribution is 7.20. The standard InChI is InChI=1S/C36H26N2S/c1-3-15-31(16-4-1)37(33-21-19-27-11-7-9-13-29(27)25-33)35-23-24-36(39-35)38(32-17-5-2-6-18-32)34-22-20-28-12-8-10-14-30(28)26-34/h1-26H. The minimum Gasteiger partial charge on any atom is -0.302 e. The molecule has 0 bridgehead atoms. The van der Waals surface area contributed by atoms with Crippen molar-refractivity contribution < 1.29 is 0 Å². The zero-order valence-electron chi connectivity index (χ0n) is 21.3. The van der Waals surface area contributed by atoms with Crippen LogP contribution in [0, 0.1) is 0 Å². The van der Waals surface area contributed by atoms with E-state index in [2.05, 4.69) is 168 Å². The summed E-state index contributed by atoms with van der Waals surface area (Å²) in [6.07, 6.45) is 0. The highest BCUT2D eigenvalue weighted by Crippen LogP contribution is 2.46. The van der Waals surface area contributed by atoms with E-state index in [0.717, 1.165) is 32.8 Å². The Kier molecular flexibility index (Phi) is 6.04. The lowest BCUT2D eigenvalue weighted by molar-refractivity contribution is 1.32. The van der Waals surface area contributed by atoms with Crippen molar-refractivity contribution in [2.24, 2.45) is 0 Å². The van der Waals surface area contributed by atoms with Gasteiger partial charge in [0.25, 0.3) is 0 Å². The molecule has 0 N–H and O–H groups in total. The Morgan fingerprint density at radius 3 is 1.13 bits per heavy atom. The summed E-state index contributed by atoms with van der Waals surface area (Å²) in [7, 11) is 0. The molecule has 186 valence electrons. The highest BCUT2D eigenvalue weighted by atomic mass is 32.1. The molecule has 1 heterocycles. The predicted octanol–water partition coefficient (Wildman–Crippen LogP) is 11.0. The van der Waals surface area contributed by atoms with Crippen LogP contribution in [-0.4, -0.2) is 0 Å². The van der Waals surface area contributed by atoms with Crippen molar-refractivity contribution in [2.45, 2.75) is 0 Å². The third-order valence-corrected chi connectivity index (χ3v) is 8.09. The van der Waals surface area contributed by atoms with Crippen LogP contribution >= 0.6 is 11.3 Å².